The molecule has 140 valence electrons. The number of hydrogen-bond donors (Lipinski definition) is 2. The Morgan fingerprint density at radius 2 is 2.20 bits per heavy atom. The minimum atomic E-state index is -3.72. The Morgan fingerprint density at radius 3 is 2.84 bits per heavy atom. The highest BCUT2D eigenvalue weighted by atomic mass is 35.5. The highest BCUT2D eigenvalue weighted by molar-refractivity contribution is 7.89. The molecule has 2 aromatic heterocycles. The molecule has 9 heteroatoms. The van der Waals surface area contributed by atoms with E-state index in [-0.39, 0.29) is 29.8 Å². The van der Waals surface area contributed by atoms with Crippen LogP contribution < -0.4 is 10.5 Å². The molecule has 7 nitrogen and oxygen atoms in total. The van der Waals surface area contributed by atoms with E-state index in [0.717, 1.165) is 25.7 Å². The molecule has 0 bridgehead atoms. The summed E-state index contributed by atoms with van der Waals surface area (Å²) in [7, 11) is -3.72. The highest BCUT2D eigenvalue weighted by Gasteiger charge is 2.40. The Labute approximate surface area is 154 Å². The Hall–Kier alpha value is -1.22. The fourth-order valence-corrected chi connectivity index (χ4v) is 5.00. The third-order valence-electron chi connectivity index (χ3n) is 5.18. The molecular formula is C16H25ClN4O3S. The van der Waals surface area contributed by atoms with Gasteiger partial charge in [-0.05, 0) is 31.2 Å². The summed E-state index contributed by atoms with van der Waals surface area (Å²) in [5, 5.41) is 4.56. The van der Waals surface area contributed by atoms with Crippen LogP contribution in [-0.2, 0) is 16.4 Å². The standard InChI is InChI=1S/C16H24N4O3S.ClH/c1-3-14-13-8-12(9-18-15(13)23-19-14)24(21,22)20-16(10-17)7-5-4-6-11(16)2;/h8-9,11,20H,3-7,10,17H2,1-2H3;1H. The highest BCUT2D eigenvalue weighted by Crippen LogP contribution is 2.34. The number of nitrogens with zero attached hydrogens (tertiary/aromatic N) is 2. The fraction of sp³-hybridized carbons (Fsp3) is 0.625. The molecule has 0 spiro atoms. The van der Waals surface area contributed by atoms with Gasteiger partial charge in [-0.1, -0.05) is 31.8 Å². The van der Waals surface area contributed by atoms with Crippen molar-refractivity contribution in [2.24, 2.45) is 11.7 Å². The van der Waals surface area contributed by atoms with Gasteiger partial charge < -0.3 is 10.3 Å². The maximum Gasteiger partial charge on any atom is 0.258 e. The zero-order chi connectivity index (χ0) is 17.4. The van der Waals surface area contributed by atoms with Crippen molar-refractivity contribution < 1.29 is 12.9 Å². The van der Waals surface area contributed by atoms with Crippen LogP contribution in [0, 0.1) is 5.92 Å². The van der Waals surface area contributed by atoms with Crippen molar-refractivity contribution in [2.75, 3.05) is 6.54 Å². The zero-order valence-electron chi connectivity index (χ0n) is 14.5. The summed E-state index contributed by atoms with van der Waals surface area (Å²) >= 11 is 0. The first-order chi connectivity index (χ1) is 11.4. The van der Waals surface area contributed by atoms with Gasteiger partial charge in [-0.25, -0.2) is 18.1 Å². The van der Waals surface area contributed by atoms with Crippen LogP contribution in [0.15, 0.2) is 21.7 Å². The van der Waals surface area contributed by atoms with Gasteiger partial charge in [-0.3, -0.25) is 0 Å². The third kappa shape index (κ3) is 3.67. The van der Waals surface area contributed by atoms with Gasteiger partial charge >= 0.3 is 0 Å². The molecule has 3 rings (SSSR count). The maximum atomic E-state index is 12.9. The Morgan fingerprint density at radius 1 is 1.44 bits per heavy atom. The van der Waals surface area contributed by atoms with Crippen molar-refractivity contribution in [1.29, 1.82) is 0 Å². The van der Waals surface area contributed by atoms with Crippen molar-refractivity contribution in [3.05, 3.63) is 18.0 Å². The van der Waals surface area contributed by atoms with Gasteiger partial charge in [0.25, 0.3) is 5.71 Å². The Balaban J connectivity index is 0.00000225. The molecule has 0 radical (unpaired) electrons. The largest absolute Gasteiger partial charge is 0.336 e. The summed E-state index contributed by atoms with van der Waals surface area (Å²) in [6.07, 6.45) is 5.78. The van der Waals surface area contributed by atoms with E-state index in [9.17, 15) is 8.42 Å². The average Bonchev–Trinajstić information content (AvgIpc) is 2.99. The molecule has 0 amide bonds. The number of nitrogens with one attached hydrogen (secondary N) is 1. The molecule has 2 aromatic rings. The maximum absolute atomic E-state index is 12.9. The Kier molecular flexibility index (Phi) is 6.09. The molecule has 1 aliphatic rings. The minimum Gasteiger partial charge on any atom is -0.336 e. The van der Waals surface area contributed by atoms with Crippen molar-refractivity contribution in [1.82, 2.24) is 14.9 Å². The molecule has 2 heterocycles. The van der Waals surface area contributed by atoms with Crippen molar-refractivity contribution in [3.63, 3.8) is 0 Å². The number of halogens is 1. The second kappa shape index (κ2) is 7.57. The Bertz CT molecular complexity index is 839. The number of fused-ring (bicyclic) bond motifs is 1. The van der Waals surface area contributed by atoms with Gasteiger partial charge in [0, 0.05) is 12.1 Å². The number of nitrogens with two attached hydrogens (primary N) is 1. The lowest BCUT2D eigenvalue weighted by Crippen LogP contribution is -2.58. The summed E-state index contributed by atoms with van der Waals surface area (Å²) in [6.45, 7) is 4.28. The third-order valence-corrected chi connectivity index (χ3v) is 6.70. The average molecular weight is 389 g/mol. The number of sulfonamides is 1. The number of aromatic nitrogens is 2. The van der Waals surface area contributed by atoms with Gasteiger partial charge in [-0.15, -0.1) is 12.4 Å². The lowest BCUT2D eigenvalue weighted by atomic mass is 9.74. The van der Waals surface area contributed by atoms with Crippen molar-refractivity contribution >= 4 is 33.5 Å². The molecule has 1 saturated carbocycles. The number of rotatable bonds is 5. The molecule has 1 fully saturated rings. The van der Waals surface area contributed by atoms with Crippen LogP contribution in [0.1, 0.15) is 45.2 Å². The number of pyridine rings is 1. The van der Waals surface area contributed by atoms with Crippen LogP contribution >= 0.6 is 12.4 Å². The lowest BCUT2D eigenvalue weighted by molar-refractivity contribution is 0.191. The smallest absolute Gasteiger partial charge is 0.258 e. The number of hydrogen-bond acceptors (Lipinski definition) is 6. The molecule has 3 N–H and O–H groups in total. The molecule has 1 aliphatic carbocycles. The molecule has 0 aliphatic heterocycles. The molecule has 2 atom stereocenters. The number of aryl methyl sites for hydroxylation is 1. The topological polar surface area (TPSA) is 111 Å². The quantitative estimate of drug-likeness (QED) is 0.813. The summed E-state index contributed by atoms with van der Waals surface area (Å²) in [5.41, 5.74) is 6.43. The van der Waals surface area contributed by atoms with Crippen LogP contribution in [-0.4, -0.2) is 30.6 Å². The summed E-state index contributed by atoms with van der Waals surface area (Å²) in [6, 6.07) is 1.58. The van der Waals surface area contributed by atoms with Gasteiger partial charge in [0.2, 0.25) is 10.0 Å². The van der Waals surface area contributed by atoms with E-state index >= 15 is 0 Å². The van der Waals surface area contributed by atoms with E-state index in [0.29, 0.717) is 23.2 Å². The van der Waals surface area contributed by atoms with E-state index in [2.05, 4.69) is 21.8 Å². The van der Waals surface area contributed by atoms with Gasteiger partial charge in [0.15, 0.2) is 0 Å². The second-order valence-electron chi connectivity index (χ2n) is 6.62. The fourth-order valence-electron chi connectivity index (χ4n) is 3.50. The van der Waals surface area contributed by atoms with Crippen molar-refractivity contribution in [3.8, 4) is 0 Å². The van der Waals surface area contributed by atoms with Crippen LogP contribution in [0.2, 0.25) is 0 Å². The summed E-state index contributed by atoms with van der Waals surface area (Å²) in [4.78, 5) is 4.22. The van der Waals surface area contributed by atoms with Crippen LogP contribution in [0.5, 0.6) is 0 Å². The van der Waals surface area contributed by atoms with Crippen molar-refractivity contribution in [2.45, 2.75) is 56.4 Å². The van der Waals surface area contributed by atoms with Gasteiger partial charge in [-0.2, -0.15) is 0 Å². The second-order valence-corrected chi connectivity index (χ2v) is 8.30. The zero-order valence-corrected chi connectivity index (χ0v) is 16.1. The van der Waals surface area contributed by atoms with E-state index in [1.54, 1.807) is 6.07 Å². The molecule has 0 aromatic carbocycles. The summed E-state index contributed by atoms with van der Waals surface area (Å²) < 4.78 is 33.8. The van der Waals surface area contributed by atoms with Crippen LogP contribution in [0.25, 0.3) is 11.1 Å². The van der Waals surface area contributed by atoms with Gasteiger partial charge in [0.1, 0.15) is 4.90 Å². The van der Waals surface area contributed by atoms with E-state index in [1.807, 2.05) is 6.92 Å². The molecular weight excluding hydrogens is 364 g/mol. The van der Waals surface area contributed by atoms with Crippen LogP contribution in [0.3, 0.4) is 0 Å². The minimum absolute atomic E-state index is 0. The van der Waals surface area contributed by atoms with E-state index in [4.69, 9.17) is 10.3 Å². The van der Waals surface area contributed by atoms with E-state index < -0.39 is 15.6 Å². The monoisotopic (exact) mass is 388 g/mol. The molecule has 25 heavy (non-hydrogen) atoms. The SMILES string of the molecule is CCc1noc2ncc(S(=O)(=O)NC3(CN)CCCCC3C)cc12.Cl. The van der Waals surface area contributed by atoms with E-state index in [1.165, 1.54) is 6.20 Å². The normalized spacial score (nSPS) is 24.2. The predicted molar refractivity (Wildman–Crippen MR) is 98.2 cm³/mol. The summed E-state index contributed by atoms with van der Waals surface area (Å²) in [5.74, 6) is 0.199. The van der Waals surface area contributed by atoms with Gasteiger partial charge in [0.05, 0.1) is 17.3 Å². The first kappa shape index (κ1) is 20.1. The first-order valence-electron chi connectivity index (χ1n) is 8.40. The molecule has 0 saturated heterocycles. The predicted octanol–water partition coefficient (Wildman–Crippen LogP) is 2.39. The molecule has 2 unspecified atom stereocenters. The lowest BCUT2D eigenvalue weighted by Gasteiger charge is -2.42. The first-order valence-corrected chi connectivity index (χ1v) is 9.88. The van der Waals surface area contributed by atoms with Crippen LogP contribution in [0.4, 0.5) is 0 Å².